The van der Waals surface area contributed by atoms with E-state index in [2.05, 4.69) is 22.9 Å². The lowest BCUT2D eigenvalue weighted by Crippen LogP contribution is -2.36. The van der Waals surface area contributed by atoms with E-state index in [-0.39, 0.29) is 18.4 Å². The van der Waals surface area contributed by atoms with Crippen molar-refractivity contribution in [3.63, 3.8) is 0 Å². The van der Waals surface area contributed by atoms with Crippen molar-refractivity contribution < 1.29 is 13.2 Å². The molecular formula is C14H23NO3S. The summed E-state index contributed by atoms with van der Waals surface area (Å²) in [5, 5.41) is 0. The molecule has 0 amide bonds. The summed E-state index contributed by atoms with van der Waals surface area (Å²) in [6.45, 7) is 6.18. The molecular weight excluding hydrogens is 262 g/mol. The predicted molar refractivity (Wildman–Crippen MR) is 77.9 cm³/mol. The van der Waals surface area contributed by atoms with Gasteiger partial charge in [-0.15, -0.1) is 0 Å². The highest BCUT2D eigenvalue weighted by atomic mass is 32.2. The van der Waals surface area contributed by atoms with E-state index >= 15 is 0 Å². The number of hydrogen-bond acceptors (Lipinski definition) is 3. The van der Waals surface area contributed by atoms with Gasteiger partial charge < -0.3 is 4.74 Å². The highest BCUT2D eigenvalue weighted by Crippen LogP contribution is 2.11. The van der Waals surface area contributed by atoms with Crippen LogP contribution in [0.15, 0.2) is 18.2 Å². The van der Waals surface area contributed by atoms with Crippen molar-refractivity contribution in [2.24, 2.45) is 0 Å². The molecule has 1 atom stereocenters. The lowest BCUT2D eigenvalue weighted by Gasteiger charge is -2.15. The predicted octanol–water partition coefficient (Wildman–Crippen LogP) is 1.80. The normalized spacial score (nSPS) is 13.5. The van der Waals surface area contributed by atoms with Gasteiger partial charge in [-0.05, 0) is 32.8 Å². The molecule has 1 aromatic carbocycles. The molecule has 108 valence electrons. The molecule has 0 spiro atoms. The van der Waals surface area contributed by atoms with Gasteiger partial charge in [-0.1, -0.05) is 29.3 Å². The van der Waals surface area contributed by atoms with E-state index in [1.807, 2.05) is 20.8 Å². The topological polar surface area (TPSA) is 55.4 Å². The summed E-state index contributed by atoms with van der Waals surface area (Å²) >= 11 is 0. The van der Waals surface area contributed by atoms with Gasteiger partial charge in [0.25, 0.3) is 0 Å². The molecule has 0 aliphatic carbocycles. The maximum Gasteiger partial charge on any atom is 0.214 e. The van der Waals surface area contributed by atoms with Crippen LogP contribution < -0.4 is 4.72 Å². The molecule has 1 N–H and O–H groups in total. The minimum absolute atomic E-state index is 0.000680. The SMILES string of the molecule is COCCS(=O)(=O)N[C@@H](C)Cc1cc(C)cc(C)c1. The lowest BCUT2D eigenvalue weighted by molar-refractivity contribution is 0.216. The van der Waals surface area contributed by atoms with Crippen LogP contribution in [0, 0.1) is 13.8 Å². The molecule has 0 heterocycles. The smallest absolute Gasteiger partial charge is 0.214 e. The number of nitrogens with one attached hydrogen (secondary N) is 1. The number of methoxy groups -OCH3 is 1. The third kappa shape index (κ3) is 6.18. The quantitative estimate of drug-likeness (QED) is 0.831. The highest BCUT2D eigenvalue weighted by molar-refractivity contribution is 7.89. The van der Waals surface area contributed by atoms with Crippen molar-refractivity contribution >= 4 is 10.0 Å². The van der Waals surface area contributed by atoms with Gasteiger partial charge in [0.2, 0.25) is 10.0 Å². The second-order valence-electron chi connectivity index (χ2n) is 5.03. The van der Waals surface area contributed by atoms with Crippen LogP contribution in [-0.2, 0) is 21.2 Å². The molecule has 1 aromatic rings. The highest BCUT2D eigenvalue weighted by Gasteiger charge is 2.14. The first-order valence-corrected chi connectivity index (χ1v) is 8.04. The zero-order valence-electron chi connectivity index (χ0n) is 12.1. The fourth-order valence-corrected chi connectivity index (χ4v) is 3.34. The van der Waals surface area contributed by atoms with Gasteiger partial charge in [-0.2, -0.15) is 0 Å². The molecule has 0 aromatic heterocycles. The summed E-state index contributed by atoms with van der Waals surface area (Å²) in [6.07, 6.45) is 0.689. The van der Waals surface area contributed by atoms with Gasteiger partial charge in [0, 0.05) is 13.2 Å². The van der Waals surface area contributed by atoms with E-state index < -0.39 is 10.0 Å². The van der Waals surface area contributed by atoms with Crippen molar-refractivity contribution in [2.45, 2.75) is 33.2 Å². The fourth-order valence-electron chi connectivity index (χ4n) is 2.14. The summed E-state index contributed by atoms with van der Waals surface area (Å²) in [4.78, 5) is 0. The van der Waals surface area contributed by atoms with Crippen LogP contribution >= 0.6 is 0 Å². The second-order valence-corrected chi connectivity index (χ2v) is 6.90. The number of benzene rings is 1. The van der Waals surface area contributed by atoms with Crippen LogP contribution in [0.2, 0.25) is 0 Å². The van der Waals surface area contributed by atoms with E-state index in [0.29, 0.717) is 6.42 Å². The van der Waals surface area contributed by atoms with Crippen molar-refractivity contribution in [3.05, 3.63) is 34.9 Å². The standard InChI is InChI=1S/C14H23NO3S/c1-11-7-12(2)9-14(8-11)10-13(3)15-19(16,17)6-5-18-4/h7-9,13,15H,5-6,10H2,1-4H3/t13-/m0/s1. The molecule has 0 radical (unpaired) electrons. The first-order valence-electron chi connectivity index (χ1n) is 6.38. The monoisotopic (exact) mass is 285 g/mol. The van der Waals surface area contributed by atoms with Crippen LogP contribution in [0.5, 0.6) is 0 Å². The van der Waals surface area contributed by atoms with E-state index in [0.717, 1.165) is 5.56 Å². The van der Waals surface area contributed by atoms with Crippen LogP contribution in [0.4, 0.5) is 0 Å². The Bertz CT molecular complexity index is 491. The third-order valence-corrected chi connectivity index (χ3v) is 4.23. The Balaban J connectivity index is 2.62. The number of hydrogen-bond donors (Lipinski definition) is 1. The first-order chi connectivity index (χ1) is 8.82. The van der Waals surface area contributed by atoms with Crippen LogP contribution in [-0.4, -0.2) is 33.9 Å². The summed E-state index contributed by atoms with van der Waals surface area (Å²) in [7, 11) is -1.76. The molecule has 4 nitrogen and oxygen atoms in total. The molecule has 19 heavy (non-hydrogen) atoms. The molecule has 5 heteroatoms. The minimum atomic E-state index is -3.26. The van der Waals surface area contributed by atoms with Crippen LogP contribution in [0.3, 0.4) is 0 Å². The first kappa shape index (κ1) is 16.1. The van der Waals surface area contributed by atoms with Crippen LogP contribution in [0.25, 0.3) is 0 Å². The number of rotatable bonds is 7. The minimum Gasteiger partial charge on any atom is -0.384 e. The Morgan fingerprint density at radius 3 is 2.32 bits per heavy atom. The van der Waals surface area contributed by atoms with E-state index in [1.165, 1.54) is 18.2 Å². The molecule has 1 rings (SSSR count). The zero-order chi connectivity index (χ0) is 14.5. The molecule has 0 saturated carbocycles. The van der Waals surface area contributed by atoms with Crippen LogP contribution in [0.1, 0.15) is 23.6 Å². The van der Waals surface area contributed by atoms with Gasteiger partial charge in [0.05, 0.1) is 12.4 Å². The van der Waals surface area contributed by atoms with E-state index in [9.17, 15) is 8.42 Å². The van der Waals surface area contributed by atoms with Gasteiger partial charge in [-0.25, -0.2) is 13.1 Å². The molecule has 0 bridgehead atoms. The van der Waals surface area contributed by atoms with Gasteiger partial charge in [0.15, 0.2) is 0 Å². The summed E-state index contributed by atoms with van der Waals surface area (Å²) in [6, 6.07) is 6.17. The van der Waals surface area contributed by atoms with E-state index in [4.69, 9.17) is 4.74 Å². The number of ether oxygens (including phenoxy) is 1. The Morgan fingerprint density at radius 1 is 1.21 bits per heavy atom. The van der Waals surface area contributed by atoms with Crippen molar-refractivity contribution in [1.29, 1.82) is 0 Å². The summed E-state index contributed by atoms with van der Waals surface area (Å²) in [5.74, 6) is 0.000680. The largest absolute Gasteiger partial charge is 0.384 e. The fraction of sp³-hybridized carbons (Fsp3) is 0.571. The average Bonchev–Trinajstić information content (AvgIpc) is 2.23. The molecule has 0 fully saturated rings. The number of sulfonamides is 1. The Hall–Kier alpha value is -0.910. The maximum absolute atomic E-state index is 11.7. The van der Waals surface area contributed by atoms with Crippen molar-refractivity contribution in [3.8, 4) is 0 Å². The van der Waals surface area contributed by atoms with Crippen molar-refractivity contribution in [2.75, 3.05) is 19.5 Å². The number of aryl methyl sites for hydroxylation is 2. The van der Waals surface area contributed by atoms with Crippen molar-refractivity contribution in [1.82, 2.24) is 4.72 Å². The van der Waals surface area contributed by atoms with Gasteiger partial charge in [0.1, 0.15) is 0 Å². The summed E-state index contributed by atoms with van der Waals surface area (Å²) in [5.41, 5.74) is 3.55. The third-order valence-electron chi connectivity index (χ3n) is 2.76. The Kier molecular flexibility index (Phi) is 5.97. The molecule has 0 aliphatic rings. The Morgan fingerprint density at radius 2 is 1.79 bits per heavy atom. The maximum atomic E-state index is 11.7. The lowest BCUT2D eigenvalue weighted by atomic mass is 10.0. The Labute approximate surface area is 116 Å². The molecule has 0 aliphatic heterocycles. The summed E-state index contributed by atoms with van der Waals surface area (Å²) < 4.78 is 30.9. The second kappa shape index (κ2) is 7.03. The zero-order valence-corrected chi connectivity index (χ0v) is 12.9. The van der Waals surface area contributed by atoms with Gasteiger partial charge in [-0.3, -0.25) is 0 Å². The molecule has 0 unspecified atom stereocenters. The average molecular weight is 285 g/mol. The molecule has 0 saturated heterocycles. The van der Waals surface area contributed by atoms with Gasteiger partial charge >= 0.3 is 0 Å². The van der Waals surface area contributed by atoms with E-state index in [1.54, 1.807) is 0 Å².